The van der Waals surface area contributed by atoms with Gasteiger partial charge in [-0.2, -0.15) is 0 Å². The van der Waals surface area contributed by atoms with Crippen molar-refractivity contribution < 1.29 is 5.11 Å². The van der Waals surface area contributed by atoms with E-state index in [2.05, 4.69) is 9.88 Å². The predicted octanol–water partition coefficient (Wildman–Crippen LogP) is 1.68. The lowest BCUT2D eigenvalue weighted by atomic mass is 10.3. The van der Waals surface area contributed by atoms with Crippen LogP contribution in [0.2, 0.25) is 0 Å². The number of anilines is 1. The van der Waals surface area contributed by atoms with E-state index in [1.165, 1.54) is 0 Å². The first-order valence-electron chi connectivity index (χ1n) is 5.19. The Balaban J connectivity index is 0.000000461. The van der Waals surface area contributed by atoms with Gasteiger partial charge in [0.05, 0.1) is 6.10 Å². The second-order valence-corrected chi connectivity index (χ2v) is 3.09. The van der Waals surface area contributed by atoms with Gasteiger partial charge in [0, 0.05) is 31.2 Å². The second kappa shape index (κ2) is 5.60. The van der Waals surface area contributed by atoms with Gasteiger partial charge in [0.15, 0.2) is 0 Å². The third-order valence-electron chi connectivity index (χ3n) is 2.19. The van der Waals surface area contributed by atoms with Crippen molar-refractivity contribution in [1.82, 2.24) is 4.98 Å². The highest BCUT2D eigenvalue weighted by Gasteiger charge is 2.19. The molecule has 3 nitrogen and oxygen atoms in total. The lowest BCUT2D eigenvalue weighted by Gasteiger charge is -2.16. The Labute approximate surface area is 85.4 Å². The molecule has 1 fully saturated rings. The van der Waals surface area contributed by atoms with Crippen LogP contribution < -0.4 is 4.90 Å². The number of rotatable bonds is 1. The molecule has 14 heavy (non-hydrogen) atoms. The highest BCUT2D eigenvalue weighted by Crippen LogP contribution is 2.18. The molecule has 2 heterocycles. The molecule has 0 saturated carbocycles. The van der Waals surface area contributed by atoms with E-state index >= 15 is 0 Å². The summed E-state index contributed by atoms with van der Waals surface area (Å²) in [5.74, 6) is 0. The number of pyridine rings is 1. The summed E-state index contributed by atoms with van der Waals surface area (Å²) in [5.41, 5.74) is 1.15. The van der Waals surface area contributed by atoms with Gasteiger partial charge >= 0.3 is 0 Å². The number of hydrogen-bond acceptors (Lipinski definition) is 3. The zero-order valence-corrected chi connectivity index (χ0v) is 8.85. The molecule has 2 rings (SSSR count). The van der Waals surface area contributed by atoms with Gasteiger partial charge in [-0.25, -0.2) is 0 Å². The van der Waals surface area contributed by atoms with E-state index in [0.29, 0.717) is 0 Å². The Kier molecular flexibility index (Phi) is 4.40. The fraction of sp³-hybridized carbons (Fsp3) is 0.545. The average molecular weight is 194 g/mol. The normalized spacial score (nSPS) is 20.2. The first-order valence-corrected chi connectivity index (χ1v) is 5.19. The van der Waals surface area contributed by atoms with E-state index < -0.39 is 0 Å². The van der Waals surface area contributed by atoms with Crippen LogP contribution in [0.1, 0.15) is 20.3 Å². The van der Waals surface area contributed by atoms with Gasteiger partial charge < -0.3 is 10.0 Å². The minimum absolute atomic E-state index is 0.154. The van der Waals surface area contributed by atoms with Gasteiger partial charge in [-0.05, 0) is 18.6 Å². The molecule has 1 aliphatic heterocycles. The van der Waals surface area contributed by atoms with Crippen molar-refractivity contribution in [2.45, 2.75) is 26.4 Å². The lowest BCUT2D eigenvalue weighted by Crippen LogP contribution is -2.20. The fourth-order valence-electron chi connectivity index (χ4n) is 1.53. The van der Waals surface area contributed by atoms with E-state index in [4.69, 9.17) is 0 Å². The largest absolute Gasteiger partial charge is 0.391 e. The molecule has 78 valence electrons. The van der Waals surface area contributed by atoms with Gasteiger partial charge in [0.1, 0.15) is 0 Å². The van der Waals surface area contributed by atoms with Crippen LogP contribution in [0.25, 0.3) is 0 Å². The van der Waals surface area contributed by atoms with Crippen molar-refractivity contribution in [2.75, 3.05) is 18.0 Å². The van der Waals surface area contributed by atoms with E-state index in [9.17, 15) is 5.11 Å². The Morgan fingerprint density at radius 2 is 2.00 bits per heavy atom. The summed E-state index contributed by atoms with van der Waals surface area (Å²) in [7, 11) is 0. The molecule has 1 atom stereocenters. The number of β-amino-alcohol motifs (C(OH)–C–C–N with tert-alkyl or cyclic N) is 1. The van der Waals surface area contributed by atoms with Gasteiger partial charge in [0.25, 0.3) is 0 Å². The van der Waals surface area contributed by atoms with E-state index in [1.54, 1.807) is 12.4 Å². The molecule has 1 aromatic rings. The molecule has 0 spiro atoms. The monoisotopic (exact) mass is 194 g/mol. The van der Waals surface area contributed by atoms with Crippen molar-refractivity contribution in [3.05, 3.63) is 24.5 Å². The highest BCUT2D eigenvalue weighted by molar-refractivity contribution is 5.45. The number of aliphatic hydroxyl groups excluding tert-OH is 1. The maximum absolute atomic E-state index is 9.30. The van der Waals surface area contributed by atoms with Crippen LogP contribution in [0, 0.1) is 0 Å². The van der Waals surface area contributed by atoms with Crippen molar-refractivity contribution in [3.8, 4) is 0 Å². The summed E-state index contributed by atoms with van der Waals surface area (Å²) < 4.78 is 0. The van der Waals surface area contributed by atoms with Crippen LogP contribution in [-0.4, -0.2) is 29.3 Å². The molecule has 1 unspecified atom stereocenters. The Bertz CT molecular complexity index is 251. The van der Waals surface area contributed by atoms with Crippen LogP contribution in [0.15, 0.2) is 24.5 Å². The van der Waals surface area contributed by atoms with Crippen LogP contribution in [0.3, 0.4) is 0 Å². The molecule has 1 saturated heterocycles. The number of hydrogen-bond donors (Lipinski definition) is 1. The Morgan fingerprint density at radius 3 is 2.50 bits per heavy atom. The summed E-state index contributed by atoms with van der Waals surface area (Å²) in [4.78, 5) is 6.12. The molecule has 0 aromatic carbocycles. The van der Waals surface area contributed by atoms with Crippen molar-refractivity contribution >= 4 is 5.69 Å². The zero-order valence-electron chi connectivity index (χ0n) is 8.85. The fourth-order valence-corrected chi connectivity index (χ4v) is 1.53. The average Bonchev–Trinajstić information content (AvgIpc) is 2.69. The molecule has 1 aromatic heterocycles. The second-order valence-electron chi connectivity index (χ2n) is 3.09. The SMILES string of the molecule is CC.OC1CCN(c2ccncc2)C1. The third kappa shape index (κ3) is 2.70. The first-order chi connectivity index (χ1) is 6.86. The van der Waals surface area contributed by atoms with E-state index in [1.807, 2.05) is 26.0 Å². The minimum Gasteiger partial charge on any atom is -0.391 e. The molecule has 3 heteroatoms. The molecule has 0 bridgehead atoms. The maximum Gasteiger partial charge on any atom is 0.0731 e. The Morgan fingerprint density at radius 1 is 1.36 bits per heavy atom. The Hall–Kier alpha value is -1.09. The molecular weight excluding hydrogens is 176 g/mol. The van der Waals surface area contributed by atoms with Gasteiger partial charge in [-0.3, -0.25) is 4.98 Å². The molecule has 0 amide bonds. The minimum atomic E-state index is -0.154. The van der Waals surface area contributed by atoms with Crippen LogP contribution in [0.5, 0.6) is 0 Å². The van der Waals surface area contributed by atoms with Crippen LogP contribution in [0.4, 0.5) is 5.69 Å². The number of aliphatic hydroxyl groups is 1. The summed E-state index contributed by atoms with van der Waals surface area (Å²) in [5, 5.41) is 9.30. The standard InChI is InChI=1S/C9H12N2O.C2H6/c12-9-3-6-11(7-9)8-1-4-10-5-2-8;1-2/h1-2,4-5,9,12H,3,6-7H2;1-2H3. The summed E-state index contributed by atoms with van der Waals surface area (Å²) in [6.07, 6.45) is 4.28. The van der Waals surface area contributed by atoms with Crippen molar-refractivity contribution in [2.24, 2.45) is 0 Å². The van der Waals surface area contributed by atoms with Crippen LogP contribution in [-0.2, 0) is 0 Å². The van der Waals surface area contributed by atoms with Crippen molar-refractivity contribution in [1.29, 1.82) is 0 Å². The molecule has 1 N–H and O–H groups in total. The zero-order chi connectivity index (χ0) is 10.4. The van der Waals surface area contributed by atoms with E-state index in [-0.39, 0.29) is 6.10 Å². The highest BCUT2D eigenvalue weighted by atomic mass is 16.3. The van der Waals surface area contributed by atoms with E-state index in [0.717, 1.165) is 25.2 Å². The quantitative estimate of drug-likeness (QED) is 0.739. The summed E-state index contributed by atoms with van der Waals surface area (Å²) in [6, 6.07) is 3.94. The summed E-state index contributed by atoms with van der Waals surface area (Å²) in [6.45, 7) is 5.70. The first kappa shape index (κ1) is 11.0. The topological polar surface area (TPSA) is 36.4 Å². The molecule has 0 radical (unpaired) electrons. The van der Waals surface area contributed by atoms with Gasteiger partial charge in [-0.1, -0.05) is 13.8 Å². The summed E-state index contributed by atoms with van der Waals surface area (Å²) >= 11 is 0. The maximum atomic E-state index is 9.30. The molecular formula is C11H18N2O. The molecule has 1 aliphatic rings. The lowest BCUT2D eigenvalue weighted by molar-refractivity contribution is 0.198. The number of nitrogens with zero attached hydrogens (tertiary/aromatic N) is 2. The smallest absolute Gasteiger partial charge is 0.0731 e. The molecule has 0 aliphatic carbocycles. The number of aromatic nitrogens is 1. The van der Waals surface area contributed by atoms with Crippen molar-refractivity contribution in [3.63, 3.8) is 0 Å². The van der Waals surface area contributed by atoms with Gasteiger partial charge in [-0.15, -0.1) is 0 Å². The third-order valence-corrected chi connectivity index (χ3v) is 2.19. The van der Waals surface area contributed by atoms with Crippen LogP contribution >= 0.6 is 0 Å². The van der Waals surface area contributed by atoms with Gasteiger partial charge in [0.2, 0.25) is 0 Å². The predicted molar refractivity (Wildman–Crippen MR) is 58.4 cm³/mol.